The van der Waals surface area contributed by atoms with Crippen LogP contribution in [-0.2, 0) is 0 Å². The predicted molar refractivity (Wildman–Crippen MR) is 117 cm³/mol. The molecule has 0 saturated carbocycles. The van der Waals surface area contributed by atoms with Crippen molar-refractivity contribution in [3.05, 3.63) is 91.4 Å². The van der Waals surface area contributed by atoms with E-state index in [9.17, 15) is 0 Å². The lowest BCUT2D eigenvalue weighted by atomic mass is 10.2. The van der Waals surface area contributed by atoms with Crippen molar-refractivity contribution in [2.45, 2.75) is 0 Å². The second-order valence-electron chi connectivity index (χ2n) is 6.60. The van der Waals surface area contributed by atoms with E-state index < -0.39 is 0 Å². The highest BCUT2D eigenvalue weighted by Gasteiger charge is 2.05. The fourth-order valence-electron chi connectivity index (χ4n) is 3.09. The number of nitrogens with one attached hydrogen (secondary N) is 3. The number of fused-ring (bicyclic) bond motifs is 1. The second-order valence-corrected chi connectivity index (χ2v) is 6.60. The molecule has 0 spiro atoms. The summed E-state index contributed by atoms with van der Waals surface area (Å²) in [5.74, 6) is 1.63. The van der Waals surface area contributed by atoms with Gasteiger partial charge in [0.1, 0.15) is 11.6 Å². The Balaban J connectivity index is 1.28. The molecule has 6 heteroatoms. The summed E-state index contributed by atoms with van der Waals surface area (Å²) in [6.45, 7) is 0. The van der Waals surface area contributed by atoms with Crippen LogP contribution in [0.15, 0.2) is 91.4 Å². The van der Waals surface area contributed by atoms with Crippen LogP contribution in [0, 0.1) is 0 Å². The van der Waals surface area contributed by atoms with E-state index in [-0.39, 0.29) is 0 Å². The van der Waals surface area contributed by atoms with Crippen LogP contribution in [0.5, 0.6) is 0 Å². The van der Waals surface area contributed by atoms with E-state index in [2.05, 4.69) is 30.6 Å². The van der Waals surface area contributed by atoms with Crippen molar-refractivity contribution < 1.29 is 0 Å². The van der Waals surface area contributed by atoms with Gasteiger partial charge in [0.2, 0.25) is 0 Å². The molecule has 3 N–H and O–H groups in total. The van der Waals surface area contributed by atoms with E-state index in [4.69, 9.17) is 0 Å². The number of hydrogen-bond acceptors (Lipinski definition) is 5. The molecule has 3 aromatic heterocycles. The van der Waals surface area contributed by atoms with Gasteiger partial charge in [-0.1, -0.05) is 12.1 Å². The van der Waals surface area contributed by atoms with Crippen LogP contribution in [0.4, 0.5) is 22.9 Å². The summed E-state index contributed by atoms with van der Waals surface area (Å²) in [6, 6.07) is 23.9. The molecule has 6 nitrogen and oxygen atoms in total. The molecule has 0 atom stereocenters. The van der Waals surface area contributed by atoms with Crippen molar-refractivity contribution >= 4 is 33.9 Å². The number of imidazole rings is 1. The molecule has 0 radical (unpaired) electrons. The molecule has 0 unspecified atom stereocenters. The fourth-order valence-corrected chi connectivity index (χ4v) is 3.09. The van der Waals surface area contributed by atoms with Crippen molar-refractivity contribution in [2.75, 3.05) is 10.6 Å². The maximum absolute atomic E-state index is 4.64. The third-order valence-electron chi connectivity index (χ3n) is 4.53. The first-order valence-electron chi connectivity index (χ1n) is 9.29. The summed E-state index contributed by atoms with van der Waals surface area (Å²) in [6.07, 6.45) is 5.30. The zero-order valence-corrected chi connectivity index (χ0v) is 15.5. The Morgan fingerprint density at radius 3 is 2.28 bits per heavy atom. The summed E-state index contributed by atoms with van der Waals surface area (Å²) < 4.78 is 0. The normalized spacial score (nSPS) is 10.8. The summed E-state index contributed by atoms with van der Waals surface area (Å²) in [5.41, 5.74) is 5.85. The van der Waals surface area contributed by atoms with E-state index in [0.29, 0.717) is 0 Å². The number of hydrogen-bond donors (Lipinski definition) is 3. The zero-order chi connectivity index (χ0) is 19.5. The van der Waals surface area contributed by atoms with Crippen molar-refractivity contribution in [3.63, 3.8) is 0 Å². The molecule has 0 aliphatic rings. The second kappa shape index (κ2) is 7.44. The minimum atomic E-state index is 0.767. The van der Waals surface area contributed by atoms with Gasteiger partial charge in [-0.2, -0.15) is 0 Å². The van der Waals surface area contributed by atoms with Gasteiger partial charge in [-0.25, -0.2) is 9.97 Å². The van der Waals surface area contributed by atoms with E-state index in [1.807, 2.05) is 72.8 Å². The van der Waals surface area contributed by atoms with Gasteiger partial charge in [-0.3, -0.25) is 4.98 Å². The lowest BCUT2D eigenvalue weighted by Crippen LogP contribution is -1.95. The van der Waals surface area contributed by atoms with Crippen LogP contribution < -0.4 is 10.6 Å². The van der Waals surface area contributed by atoms with Gasteiger partial charge in [0.05, 0.1) is 34.8 Å². The lowest BCUT2D eigenvalue weighted by Gasteiger charge is -2.09. The molecule has 3 heterocycles. The molecule has 0 saturated heterocycles. The largest absolute Gasteiger partial charge is 0.354 e. The monoisotopic (exact) mass is 378 g/mol. The first-order chi connectivity index (χ1) is 14.3. The molecule has 5 aromatic rings. The van der Waals surface area contributed by atoms with Gasteiger partial charge in [0.15, 0.2) is 0 Å². The fraction of sp³-hybridized carbons (Fsp3) is 0. The highest BCUT2D eigenvalue weighted by atomic mass is 15.0. The summed E-state index contributed by atoms with van der Waals surface area (Å²) in [7, 11) is 0. The quantitative estimate of drug-likeness (QED) is 0.376. The standard InChI is InChI=1S/C23H18N6/c1-2-6-21-20(5-1)28-23(29-21)16-7-9-17(10-8-16)26-19-11-12-22(25-15-19)27-18-4-3-13-24-14-18/h1-15,26H,(H,25,27)(H,28,29). The number of anilines is 4. The predicted octanol–water partition coefficient (Wildman–Crippen LogP) is 5.51. The van der Waals surface area contributed by atoms with Crippen LogP contribution in [0.2, 0.25) is 0 Å². The Morgan fingerprint density at radius 2 is 1.52 bits per heavy atom. The minimum absolute atomic E-state index is 0.767. The molecule has 140 valence electrons. The summed E-state index contributed by atoms with van der Waals surface area (Å²) in [4.78, 5) is 16.5. The van der Waals surface area contributed by atoms with E-state index >= 15 is 0 Å². The summed E-state index contributed by atoms with van der Waals surface area (Å²) >= 11 is 0. The number of rotatable bonds is 5. The topological polar surface area (TPSA) is 78.5 Å². The Morgan fingerprint density at radius 1 is 0.690 bits per heavy atom. The smallest absolute Gasteiger partial charge is 0.138 e. The Bertz CT molecular complexity index is 1200. The SMILES string of the molecule is c1cncc(Nc2ccc(Nc3ccc(-c4nc5ccccc5[nH]4)cc3)cn2)c1. The maximum atomic E-state index is 4.64. The third kappa shape index (κ3) is 3.77. The average Bonchev–Trinajstić information content (AvgIpc) is 3.21. The average molecular weight is 378 g/mol. The molecule has 29 heavy (non-hydrogen) atoms. The van der Waals surface area contributed by atoms with Gasteiger partial charge in [-0.15, -0.1) is 0 Å². The highest BCUT2D eigenvalue weighted by Crippen LogP contribution is 2.24. The molecular formula is C23H18N6. The van der Waals surface area contributed by atoms with Gasteiger partial charge >= 0.3 is 0 Å². The van der Waals surface area contributed by atoms with Crippen LogP contribution in [0.25, 0.3) is 22.4 Å². The first-order valence-corrected chi connectivity index (χ1v) is 9.29. The van der Waals surface area contributed by atoms with Crippen molar-refractivity contribution in [2.24, 2.45) is 0 Å². The summed E-state index contributed by atoms with van der Waals surface area (Å²) in [5, 5.41) is 6.59. The molecule has 5 rings (SSSR count). The number of benzene rings is 2. The Kier molecular flexibility index (Phi) is 4.35. The zero-order valence-electron chi connectivity index (χ0n) is 15.5. The minimum Gasteiger partial charge on any atom is -0.354 e. The van der Waals surface area contributed by atoms with Gasteiger partial charge in [0, 0.05) is 17.4 Å². The van der Waals surface area contributed by atoms with E-state index in [1.165, 1.54) is 0 Å². The molecule has 0 amide bonds. The molecular weight excluding hydrogens is 360 g/mol. The molecule has 0 aliphatic carbocycles. The number of aromatic amines is 1. The van der Waals surface area contributed by atoms with Gasteiger partial charge in [0.25, 0.3) is 0 Å². The van der Waals surface area contributed by atoms with E-state index in [0.717, 1.165) is 45.3 Å². The third-order valence-corrected chi connectivity index (χ3v) is 4.53. The van der Waals surface area contributed by atoms with E-state index in [1.54, 1.807) is 18.6 Å². The van der Waals surface area contributed by atoms with Crippen LogP contribution >= 0.6 is 0 Å². The molecule has 2 aromatic carbocycles. The number of para-hydroxylation sites is 2. The number of pyridine rings is 2. The number of nitrogens with zero attached hydrogens (tertiary/aromatic N) is 3. The van der Waals surface area contributed by atoms with Gasteiger partial charge in [-0.05, 0) is 60.7 Å². The van der Waals surface area contributed by atoms with Crippen molar-refractivity contribution in [1.82, 2.24) is 19.9 Å². The van der Waals surface area contributed by atoms with Gasteiger partial charge < -0.3 is 15.6 Å². The van der Waals surface area contributed by atoms with Crippen molar-refractivity contribution in [3.8, 4) is 11.4 Å². The Labute approximate surface area is 167 Å². The molecule has 0 bridgehead atoms. The van der Waals surface area contributed by atoms with Crippen LogP contribution in [-0.4, -0.2) is 19.9 Å². The Hall–Kier alpha value is -4.19. The first kappa shape index (κ1) is 16.9. The lowest BCUT2D eigenvalue weighted by molar-refractivity contribution is 1.27. The number of aromatic nitrogens is 4. The molecule has 0 fully saturated rings. The van der Waals surface area contributed by atoms with Crippen LogP contribution in [0.3, 0.4) is 0 Å². The highest BCUT2D eigenvalue weighted by molar-refractivity contribution is 5.79. The maximum Gasteiger partial charge on any atom is 0.138 e. The molecule has 0 aliphatic heterocycles. The number of H-pyrrole nitrogens is 1. The van der Waals surface area contributed by atoms with Crippen LogP contribution in [0.1, 0.15) is 0 Å². The van der Waals surface area contributed by atoms with Crippen molar-refractivity contribution in [1.29, 1.82) is 0 Å².